The van der Waals surface area contributed by atoms with Crippen LogP contribution in [0.5, 0.6) is 5.75 Å². The van der Waals surface area contributed by atoms with Crippen molar-refractivity contribution in [3.05, 3.63) is 78.1 Å². The van der Waals surface area contributed by atoms with Gasteiger partial charge in [-0.15, -0.1) is 0 Å². The van der Waals surface area contributed by atoms with E-state index in [0.29, 0.717) is 17.2 Å². The van der Waals surface area contributed by atoms with Gasteiger partial charge in [0.05, 0.1) is 23.7 Å². The maximum Gasteiger partial charge on any atom is 0.416 e. The molecule has 1 aromatic carbocycles. The van der Waals surface area contributed by atoms with E-state index in [9.17, 15) is 13.2 Å². The fourth-order valence-electron chi connectivity index (χ4n) is 2.70. The van der Waals surface area contributed by atoms with Crippen molar-refractivity contribution in [1.82, 2.24) is 20.2 Å². The van der Waals surface area contributed by atoms with Gasteiger partial charge in [0.25, 0.3) is 0 Å². The molecule has 0 aliphatic carbocycles. The van der Waals surface area contributed by atoms with Gasteiger partial charge < -0.3 is 4.74 Å². The molecule has 0 fully saturated rings. The van der Waals surface area contributed by atoms with Crippen LogP contribution in [0.3, 0.4) is 0 Å². The molecule has 0 spiro atoms. The highest BCUT2D eigenvalue weighted by Gasteiger charge is 2.30. The van der Waals surface area contributed by atoms with Gasteiger partial charge in [-0.3, -0.25) is 14.5 Å². The molecule has 28 heavy (non-hydrogen) atoms. The summed E-state index contributed by atoms with van der Waals surface area (Å²) in [5.41, 5.74) is 4.14. The van der Waals surface area contributed by atoms with Crippen molar-refractivity contribution < 1.29 is 22.7 Å². The minimum absolute atomic E-state index is 0.334. The Labute approximate surface area is 158 Å². The second-order valence-electron chi connectivity index (χ2n) is 6.18. The first-order chi connectivity index (χ1) is 13.4. The molecule has 1 atom stereocenters. The van der Waals surface area contributed by atoms with Crippen LogP contribution in [0.1, 0.15) is 17.2 Å². The molecule has 144 valence electrons. The third-order valence-corrected chi connectivity index (χ3v) is 4.12. The normalized spacial score (nSPS) is 16.6. The first kappa shape index (κ1) is 18.1. The first-order valence-electron chi connectivity index (χ1n) is 8.32. The zero-order valence-electron chi connectivity index (χ0n) is 14.6. The number of nitrogens with one attached hydrogen (secondary N) is 1. The lowest BCUT2D eigenvalue weighted by Gasteiger charge is -2.10. The maximum absolute atomic E-state index is 12.7. The monoisotopic (exact) mass is 388 g/mol. The van der Waals surface area contributed by atoms with Crippen molar-refractivity contribution in [3.8, 4) is 17.0 Å². The molecule has 4 rings (SSSR count). The van der Waals surface area contributed by atoms with E-state index in [-0.39, 0.29) is 0 Å². The van der Waals surface area contributed by atoms with Gasteiger partial charge in [0.15, 0.2) is 0 Å². The van der Waals surface area contributed by atoms with Gasteiger partial charge >= 0.3 is 6.18 Å². The van der Waals surface area contributed by atoms with E-state index in [1.807, 2.05) is 13.2 Å². The Kier molecular flexibility index (Phi) is 4.52. The third-order valence-electron chi connectivity index (χ3n) is 4.12. The molecule has 0 radical (unpaired) electrons. The predicted molar refractivity (Wildman–Crippen MR) is 93.6 cm³/mol. The number of alkyl halides is 3. The van der Waals surface area contributed by atoms with E-state index >= 15 is 0 Å². The summed E-state index contributed by atoms with van der Waals surface area (Å²) >= 11 is 0. The fourth-order valence-corrected chi connectivity index (χ4v) is 2.70. The molecule has 0 amide bonds. The number of pyridine rings is 1. The number of hydrogen-bond donors (Lipinski definition) is 1. The fraction of sp³-hybridized carbons (Fsp3) is 0.158. The van der Waals surface area contributed by atoms with Crippen molar-refractivity contribution in [3.63, 3.8) is 0 Å². The average molecular weight is 388 g/mol. The van der Waals surface area contributed by atoms with Crippen molar-refractivity contribution in [2.45, 2.75) is 12.3 Å². The lowest BCUT2D eigenvalue weighted by molar-refractivity contribution is -0.137. The average Bonchev–Trinajstić information content (AvgIpc) is 3.31. The number of aryl methyl sites for hydroxylation is 1. The SMILES string of the molecule is Cn1cc(-c2ccc(OC3=CC(c4ccc(C(F)(F)F)cc4)ON3)cn2)cn1. The first-order valence-corrected chi connectivity index (χ1v) is 8.32. The van der Waals surface area contributed by atoms with E-state index < -0.39 is 17.8 Å². The summed E-state index contributed by atoms with van der Waals surface area (Å²) in [6, 6.07) is 8.34. The summed E-state index contributed by atoms with van der Waals surface area (Å²) in [6.45, 7) is 0. The van der Waals surface area contributed by atoms with Crippen LogP contribution in [0.15, 0.2) is 66.9 Å². The van der Waals surface area contributed by atoms with E-state index in [0.717, 1.165) is 23.4 Å². The van der Waals surface area contributed by atoms with E-state index in [1.54, 1.807) is 35.3 Å². The minimum atomic E-state index is -4.37. The summed E-state index contributed by atoms with van der Waals surface area (Å²) in [4.78, 5) is 9.70. The van der Waals surface area contributed by atoms with Crippen LogP contribution in [0.4, 0.5) is 13.2 Å². The lowest BCUT2D eigenvalue weighted by atomic mass is 10.1. The van der Waals surface area contributed by atoms with Crippen LogP contribution in [0, 0.1) is 0 Å². The van der Waals surface area contributed by atoms with Crippen molar-refractivity contribution >= 4 is 0 Å². The second kappa shape index (κ2) is 7.01. The summed E-state index contributed by atoms with van der Waals surface area (Å²) in [7, 11) is 1.83. The molecular weight excluding hydrogens is 373 g/mol. The van der Waals surface area contributed by atoms with Crippen LogP contribution < -0.4 is 10.2 Å². The molecule has 0 saturated carbocycles. The predicted octanol–water partition coefficient (Wildman–Crippen LogP) is 4.00. The van der Waals surface area contributed by atoms with Gasteiger partial charge in [-0.1, -0.05) is 12.1 Å². The van der Waals surface area contributed by atoms with Gasteiger partial charge in [0, 0.05) is 24.9 Å². The van der Waals surface area contributed by atoms with Crippen LogP contribution in [-0.2, 0) is 18.1 Å². The smallest absolute Gasteiger partial charge is 0.416 e. The molecule has 6 nitrogen and oxygen atoms in total. The van der Waals surface area contributed by atoms with Crippen molar-refractivity contribution in [2.24, 2.45) is 7.05 Å². The van der Waals surface area contributed by atoms with E-state index in [4.69, 9.17) is 9.57 Å². The van der Waals surface area contributed by atoms with E-state index in [1.165, 1.54) is 12.1 Å². The number of hydroxylamine groups is 1. The molecule has 0 bridgehead atoms. The Balaban J connectivity index is 1.43. The van der Waals surface area contributed by atoms with Crippen LogP contribution in [0.25, 0.3) is 11.3 Å². The number of aromatic nitrogens is 3. The third kappa shape index (κ3) is 3.84. The van der Waals surface area contributed by atoms with Gasteiger partial charge in [0.1, 0.15) is 11.9 Å². The Bertz CT molecular complexity index is 995. The van der Waals surface area contributed by atoms with Gasteiger partial charge in [-0.2, -0.15) is 18.3 Å². The summed E-state index contributed by atoms with van der Waals surface area (Å²) in [5.74, 6) is 0.823. The maximum atomic E-state index is 12.7. The highest BCUT2D eigenvalue weighted by Crippen LogP contribution is 2.32. The summed E-state index contributed by atoms with van der Waals surface area (Å²) in [5, 5.41) is 4.10. The van der Waals surface area contributed by atoms with Gasteiger partial charge in [0.2, 0.25) is 5.88 Å². The highest BCUT2D eigenvalue weighted by molar-refractivity contribution is 5.57. The molecule has 1 unspecified atom stereocenters. The number of rotatable bonds is 4. The number of hydrogen-bond acceptors (Lipinski definition) is 5. The summed E-state index contributed by atoms with van der Waals surface area (Å²) in [6.07, 6.45) is 1.85. The molecule has 9 heteroatoms. The standard InChI is InChI=1S/C19H15F3N4O2/c1-26-11-13(9-24-26)16-7-6-15(10-23-16)27-18-8-17(28-25-18)12-2-4-14(5-3-12)19(20,21)22/h2-11,17,25H,1H3. The molecule has 3 heterocycles. The lowest BCUT2D eigenvalue weighted by Crippen LogP contribution is -2.12. The van der Waals surface area contributed by atoms with Crippen LogP contribution in [0.2, 0.25) is 0 Å². The molecule has 3 aromatic rings. The molecule has 1 aliphatic rings. The van der Waals surface area contributed by atoms with Crippen LogP contribution in [-0.4, -0.2) is 14.8 Å². The number of halogens is 3. The Morgan fingerprint density at radius 2 is 1.89 bits per heavy atom. The molecule has 2 aromatic heterocycles. The zero-order chi connectivity index (χ0) is 19.7. The Morgan fingerprint density at radius 3 is 2.50 bits per heavy atom. The Hall–Kier alpha value is -3.33. The summed E-state index contributed by atoms with van der Waals surface area (Å²) < 4.78 is 45.3. The molecular formula is C19H15F3N4O2. The minimum Gasteiger partial charge on any atom is -0.438 e. The van der Waals surface area contributed by atoms with Gasteiger partial charge in [-0.05, 0) is 29.8 Å². The van der Waals surface area contributed by atoms with Crippen LogP contribution >= 0.6 is 0 Å². The highest BCUT2D eigenvalue weighted by atomic mass is 19.4. The van der Waals surface area contributed by atoms with Crippen molar-refractivity contribution in [2.75, 3.05) is 0 Å². The number of ether oxygens (including phenoxy) is 1. The quantitative estimate of drug-likeness (QED) is 0.732. The molecule has 1 aliphatic heterocycles. The Morgan fingerprint density at radius 1 is 1.11 bits per heavy atom. The van der Waals surface area contributed by atoms with E-state index in [2.05, 4.69) is 15.6 Å². The molecule has 0 saturated heterocycles. The topological polar surface area (TPSA) is 61.2 Å². The van der Waals surface area contributed by atoms with Gasteiger partial charge in [-0.25, -0.2) is 5.48 Å². The zero-order valence-corrected chi connectivity index (χ0v) is 14.6. The molecule has 1 N–H and O–H groups in total. The number of benzene rings is 1. The largest absolute Gasteiger partial charge is 0.438 e. The number of nitrogens with zero attached hydrogens (tertiary/aromatic N) is 3. The van der Waals surface area contributed by atoms with Crippen molar-refractivity contribution in [1.29, 1.82) is 0 Å². The second-order valence-corrected chi connectivity index (χ2v) is 6.18.